The number of aromatic nitrogens is 2. The van der Waals surface area contributed by atoms with Crippen LogP contribution >= 0.6 is 11.3 Å². The summed E-state index contributed by atoms with van der Waals surface area (Å²) in [5.74, 6) is -0.101. The summed E-state index contributed by atoms with van der Waals surface area (Å²) in [7, 11) is 3.98. The molecule has 7 nitrogen and oxygen atoms in total. The van der Waals surface area contributed by atoms with Crippen molar-refractivity contribution in [3.8, 4) is 0 Å². The molecule has 4 rings (SSSR count). The van der Waals surface area contributed by atoms with Gasteiger partial charge in [0.2, 0.25) is 5.91 Å². The number of carbonyl (C=O) groups excluding carboxylic acids is 2. The van der Waals surface area contributed by atoms with Crippen molar-refractivity contribution < 1.29 is 9.59 Å². The molecule has 35 heavy (non-hydrogen) atoms. The average Bonchev–Trinajstić information content (AvgIpc) is 3.22. The Bertz CT molecular complexity index is 1240. The number of nitrogens with zero attached hydrogens (tertiary/aromatic N) is 3. The van der Waals surface area contributed by atoms with Crippen molar-refractivity contribution in [1.82, 2.24) is 20.2 Å². The zero-order valence-corrected chi connectivity index (χ0v) is 22.0. The third-order valence-electron chi connectivity index (χ3n) is 6.91. The van der Waals surface area contributed by atoms with E-state index < -0.39 is 5.91 Å². The van der Waals surface area contributed by atoms with Crippen molar-refractivity contribution in [2.45, 2.75) is 52.5 Å². The van der Waals surface area contributed by atoms with E-state index in [0.29, 0.717) is 22.9 Å². The molecule has 0 bridgehead atoms. The highest BCUT2D eigenvalue weighted by molar-refractivity contribution is 7.19. The molecule has 0 saturated heterocycles. The van der Waals surface area contributed by atoms with E-state index in [4.69, 9.17) is 10.7 Å². The van der Waals surface area contributed by atoms with Crippen LogP contribution in [0.25, 0.3) is 10.3 Å². The van der Waals surface area contributed by atoms with Crippen LogP contribution in [0.2, 0.25) is 0 Å². The molecule has 0 radical (unpaired) electrons. The van der Waals surface area contributed by atoms with E-state index in [1.807, 2.05) is 20.2 Å². The fourth-order valence-corrected chi connectivity index (χ4v) is 5.53. The third kappa shape index (κ3) is 5.87. The van der Waals surface area contributed by atoms with Crippen LogP contribution in [0, 0.1) is 11.3 Å². The quantitative estimate of drug-likeness (QED) is 0.509. The van der Waals surface area contributed by atoms with Crippen LogP contribution in [0.3, 0.4) is 0 Å². The summed E-state index contributed by atoms with van der Waals surface area (Å²) in [6, 6.07) is 8.99. The van der Waals surface area contributed by atoms with E-state index in [-0.39, 0.29) is 17.4 Å². The molecule has 0 spiro atoms. The maximum Gasteiger partial charge on any atom is 0.280 e. The highest BCUT2D eigenvalue weighted by atomic mass is 32.1. The SMILES string of the molecule is CN(C)CCC(NC(=O)c1nc2cc3c(nc2s1)CC[C@H](C(C)(C)C)C3)c1cccc(C(N)=O)c1. The van der Waals surface area contributed by atoms with Gasteiger partial charge in [-0.05, 0) is 87.0 Å². The lowest BCUT2D eigenvalue weighted by molar-refractivity contribution is 0.0932. The number of hydrogen-bond donors (Lipinski definition) is 2. The molecule has 0 fully saturated rings. The Morgan fingerprint density at radius 2 is 2.00 bits per heavy atom. The van der Waals surface area contributed by atoms with Gasteiger partial charge < -0.3 is 16.0 Å². The Labute approximate surface area is 211 Å². The van der Waals surface area contributed by atoms with Gasteiger partial charge in [-0.3, -0.25) is 9.59 Å². The van der Waals surface area contributed by atoms with Gasteiger partial charge in [-0.2, -0.15) is 0 Å². The smallest absolute Gasteiger partial charge is 0.280 e. The zero-order chi connectivity index (χ0) is 25.3. The van der Waals surface area contributed by atoms with Gasteiger partial charge >= 0.3 is 0 Å². The van der Waals surface area contributed by atoms with E-state index in [2.05, 4.69) is 42.0 Å². The highest BCUT2D eigenvalue weighted by Crippen LogP contribution is 2.38. The monoisotopic (exact) mass is 493 g/mol. The molecule has 1 aliphatic carbocycles. The predicted octanol–water partition coefficient (Wildman–Crippen LogP) is 4.36. The Hall–Kier alpha value is -2.84. The van der Waals surface area contributed by atoms with Gasteiger partial charge in [-0.25, -0.2) is 9.97 Å². The van der Waals surface area contributed by atoms with Crippen LogP contribution in [0.1, 0.15) is 76.6 Å². The molecule has 8 heteroatoms. The standard InChI is InChI=1S/C27H35N5O2S/c1-27(2,3)19-9-10-20-18(14-19)15-22-25(30-20)35-26(31-22)24(34)29-21(11-12-32(4)5)16-7-6-8-17(13-16)23(28)33/h6-8,13,15,19,21H,9-12,14H2,1-5H3,(H2,28,33)(H,29,34)/t19-,21?/m0/s1. The van der Waals surface area contributed by atoms with Crippen molar-refractivity contribution in [2.24, 2.45) is 17.1 Å². The number of pyridine rings is 1. The van der Waals surface area contributed by atoms with Crippen molar-refractivity contribution in [3.05, 3.63) is 57.7 Å². The molecule has 0 aliphatic heterocycles. The molecule has 2 heterocycles. The number of nitrogens with one attached hydrogen (secondary N) is 1. The predicted molar refractivity (Wildman–Crippen MR) is 141 cm³/mol. The van der Waals surface area contributed by atoms with E-state index in [0.717, 1.165) is 47.4 Å². The van der Waals surface area contributed by atoms with Gasteiger partial charge in [0.1, 0.15) is 10.3 Å². The van der Waals surface area contributed by atoms with Gasteiger partial charge in [-0.15, -0.1) is 0 Å². The molecule has 2 aromatic heterocycles. The second kappa shape index (κ2) is 10.0. The van der Waals surface area contributed by atoms with Gasteiger partial charge in [0, 0.05) is 11.3 Å². The van der Waals surface area contributed by atoms with E-state index in [1.165, 1.54) is 16.9 Å². The number of aryl methyl sites for hydroxylation is 1. The summed E-state index contributed by atoms with van der Waals surface area (Å²) in [6.07, 6.45) is 3.80. The van der Waals surface area contributed by atoms with Crippen LogP contribution in [0.15, 0.2) is 30.3 Å². The Kier molecular flexibility index (Phi) is 7.24. The minimum absolute atomic E-state index is 0.230. The normalized spacial score (nSPS) is 16.8. The number of nitrogens with two attached hydrogens (primary N) is 1. The molecule has 3 aromatic rings. The molecule has 2 atom stereocenters. The van der Waals surface area contributed by atoms with E-state index in [1.54, 1.807) is 18.2 Å². The van der Waals surface area contributed by atoms with Gasteiger partial charge in [0.25, 0.3) is 5.91 Å². The molecular formula is C27H35N5O2S. The molecule has 2 amide bonds. The van der Waals surface area contributed by atoms with Crippen LogP contribution in [-0.4, -0.2) is 47.3 Å². The molecule has 186 valence electrons. The van der Waals surface area contributed by atoms with Crippen molar-refractivity contribution in [2.75, 3.05) is 20.6 Å². The summed E-state index contributed by atoms with van der Waals surface area (Å²) < 4.78 is 0. The van der Waals surface area contributed by atoms with Gasteiger partial charge in [0.15, 0.2) is 5.01 Å². The first-order chi connectivity index (χ1) is 16.5. The molecule has 1 aliphatic rings. The van der Waals surface area contributed by atoms with Crippen LogP contribution < -0.4 is 11.1 Å². The molecular weight excluding hydrogens is 458 g/mol. The number of rotatable bonds is 7. The summed E-state index contributed by atoms with van der Waals surface area (Å²) in [5, 5.41) is 3.54. The van der Waals surface area contributed by atoms with Crippen molar-refractivity contribution in [3.63, 3.8) is 0 Å². The number of primary amides is 1. The lowest BCUT2D eigenvalue weighted by atomic mass is 9.71. The van der Waals surface area contributed by atoms with Crippen LogP contribution in [-0.2, 0) is 12.8 Å². The summed E-state index contributed by atoms with van der Waals surface area (Å²) in [5.41, 5.74) is 10.2. The van der Waals surface area contributed by atoms with Crippen molar-refractivity contribution in [1.29, 1.82) is 0 Å². The van der Waals surface area contributed by atoms with E-state index in [9.17, 15) is 9.59 Å². The number of thiazole rings is 1. The zero-order valence-electron chi connectivity index (χ0n) is 21.2. The first-order valence-corrected chi connectivity index (χ1v) is 13.0. The molecule has 1 aromatic carbocycles. The van der Waals surface area contributed by atoms with Crippen molar-refractivity contribution >= 4 is 33.5 Å². The first kappa shape index (κ1) is 25.3. The summed E-state index contributed by atoms with van der Waals surface area (Å²) in [6.45, 7) is 7.66. The average molecular weight is 494 g/mol. The maximum atomic E-state index is 13.3. The fraction of sp³-hybridized carbons (Fsp3) is 0.481. The number of amides is 2. The maximum absolute atomic E-state index is 13.3. The summed E-state index contributed by atoms with van der Waals surface area (Å²) in [4.78, 5) is 37.4. The number of hydrogen-bond acceptors (Lipinski definition) is 6. The van der Waals surface area contributed by atoms with Crippen LogP contribution in [0.4, 0.5) is 0 Å². The second-order valence-corrected chi connectivity index (χ2v) is 11.8. The fourth-order valence-electron chi connectivity index (χ4n) is 4.69. The Balaban J connectivity index is 1.58. The molecule has 3 N–H and O–H groups in total. The number of carbonyl (C=O) groups is 2. The van der Waals surface area contributed by atoms with Crippen LogP contribution in [0.5, 0.6) is 0 Å². The van der Waals surface area contributed by atoms with Gasteiger partial charge in [-0.1, -0.05) is 44.2 Å². The second-order valence-electron chi connectivity index (χ2n) is 10.9. The van der Waals surface area contributed by atoms with Gasteiger partial charge in [0.05, 0.1) is 6.04 Å². The Morgan fingerprint density at radius 3 is 2.69 bits per heavy atom. The summed E-state index contributed by atoms with van der Waals surface area (Å²) >= 11 is 1.34. The number of fused-ring (bicyclic) bond motifs is 2. The third-order valence-corrected chi connectivity index (χ3v) is 7.88. The topological polar surface area (TPSA) is 101 Å². The minimum atomic E-state index is -0.487. The minimum Gasteiger partial charge on any atom is -0.366 e. The Morgan fingerprint density at radius 1 is 1.23 bits per heavy atom. The molecule has 0 saturated carbocycles. The highest BCUT2D eigenvalue weighted by Gasteiger charge is 2.30. The number of benzene rings is 1. The molecule has 1 unspecified atom stereocenters. The lowest BCUT2D eigenvalue weighted by Crippen LogP contribution is -2.31. The van der Waals surface area contributed by atoms with E-state index >= 15 is 0 Å². The first-order valence-electron chi connectivity index (χ1n) is 12.2. The largest absolute Gasteiger partial charge is 0.366 e. The lowest BCUT2D eigenvalue weighted by Gasteiger charge is -2.34.